The smallest absolute Gasteiger partial charge is 0.402 e. The molecule has 3 unspecified atom stereocenters. The van der Waals surface area contributed by atoms with Crippen LogP contribution in [0.4, 0.5) is 0 Å². The molecule has 1 aromatic carbocycles. The van der Waals surface area contributed by atoms with Crippen molar-refractivity contribution in [2.45, 2.75) is 43.5 Å². The fraction of sp³-hybridized carbons (Fsp3) is 0.438. The first-order chi connectivity index (χ1) is 13.9. The van der Waals surface area contributed by atoms with Crippen LogP contribution in [0.25, 0.3) is 10.9 Å². The number of carbonyl (C=O) groups excluding carboxylic acids is 1. The Morgan fingerprint density at radius 3 is 2.17 bits per heavy atom. The number of aromatic nitrogens is 1. The molecule has 30 heavy (non-hydrogen) atoms. The van der Waals surface area contributed by atoms with Gasteiger partial charge in [0.1, 0.15) is 36.6 Å². The predicted octanol–water partition coefficient (Wildman–Crippen LogP) is 0.400. The monoisotopic (exact) mass is 529 g/mol. The van der Waals surface area contributed by atoms with Gasteiger partial charge in [-0.05, 0) is 28.1 Å². The molecule has 0 amide bonds. The number of hydrogen-bond donors (Lipinski definition) is 6. The molecule has 1 aliphatic carbocycles. The van der Waals surface area contributed by atoms with Crippen LogP contribution < -0.4 is 4.52 Å². The average molecular weight is 531 g/mol. The predicted molar refractivity (Wildman–Crippen MR) is 106 cm³/mol. The number of fused-ring (bicyclic) bond motifs is 1. The third kappa shape index (κ3) is 4.17. The van der Waals surface area contributed by atoms with Crippen LogP contribution in [-0.4, -0.2) is 77.5 Å². The Balaban J connectivity index is 1.96. The number of aliphatic hydroxyl groups excluding tert-OH is 5. The highest BCUT2D eigenvalue weighted by Crippen LogP contribution is 2.50. The highest BCUT2D eigenvalue weighted by Gasteiger charge is 2.51. The van der Waals surface area contributed by atoms with E-state index in [0.717, 1.165) is 10.8 Å². The van der Waals surface area contributed by atoms with Gasteiger partial charge in [-0.25, -0.2) is 4.57 Å². The summed E-state index contributed by atoms with van der Waals surface area (Å²) in [7, 11) is -5.11. The van der Waals surface area contributed by atoms with Gasteiger partial charge in [0.2, 0.25) is 5.91 Å². The number of hydrogen-bond acceptors (Lipinski definition) is 9. The van der Waals surface area contributed by atoms with E-state index in [2.05, 4.69) is 15.9 Å². The van der Waals surface area contributed by atoms with Crippen LogP contribution in [0.1, 0.15) is 11.7 Å². The van der Waals surface area contributed by atoms with Gasteiger partial charge in [0.15, 0.2) is 5.75 Å². The van der Waals surface area contributed by atoms with Crippen molar-refractivity contribution < 1.29 is 48.8 Å². The molecular weight excluding hydrogens is 513 g/mol. The van der Waals surface area contributed by atoms with Crippen molar-refractivity contribution in [1.82, 2.24) is 4.57 Å². The molecule has 1 saturated carbocycles. The number of aliphatic hydroxyl groups is 5. The van der Waals surface area contributed by atoms with E-state index in [1.165, 1.54) is 13.0 Å². The van der Waals surface area contributed by atoms with Crippen molar-refractivity contribution in [3.63, 3.8) is 0 Å². The lowest BCUT2D eigenvalue weighted by Crippen LogP contribution is -2.64. The molecule has 6 N–H and O–H groups in total. The largest absolute Gasteiger partial charge is 0.527 e. The normalized spacial score (nSPS) is 31.5. The number of phosphoric ester groups is 1. The van der Waals surface area contributed by atoms with Gasteiger partial charge in [-0.15, -0.1) is 0 Å². The summed E-state index contributed by atoms with van der Waals surface area (Å²) in [4.78, 5) is 22.1. The molecule has 1 fully saturated rings. The molecule has 0 bridgehead atoms. The standard InChI is InChI=1S/C16H18BrClNO10P/c1-5(20)19-4-8(9-7(19)3-2-6(17)10(9)18)28-30(26,27)29-16-14(24)12(22)11(21)13(23)15(16)25/h2-4,11-16,21-25H,1H3,(H,26,27)/t11?,12-,13+,14-,15-,16?/m0/s1. The molecule has 0 saturated heterocycles. The van der Waals surface area contributed by atoms with Crippen molar-refractivity contribution in [3.05, 3.63) is 27.8 Å². The number of benzene rings is 1. The number of phosphoric acid groups is 1. The zero-order chi connectivity index (χ0) is 22.5. The summed E-state index contributed by atoms with van der Waals surface area (Å²) < 4.78 is 23.9. The topological polar surface area (TPSA) is 179 Å². The van der Waals surface area contributed by atoms with Crippen LogP contribution in [0.2, 0.25) is 5.02 Å². The zero-order valence-electron chi connectivity index (χ0n) is 15.2. The van der Waals surface area contributed by atoms with E-state index in [-0.39, 0.29) is 21.7 Å². The van der Waals surface area contributed by atoms with Crippen LogP contribution in [0.3, 0.4) is 0 Å². The van der Waals surface area contributed by atoms with Gasteiger partial charge in [-0.2, -0.15) is 0 Å². The third-order valence-corrected chi connectivity index (χ3v) is 6.92. The van der Waals surface area contributed by atoms with Crippen molar-refractivity contribution in [3.8, 4) is 5.75 Å². The van der Waals surface area contributed by atoms with Crippen molar-refractivity contribution >= 4 is 52.2 Å². The summed E-state index contributed by atoms with van der Waals surface area (Å²) in [6.45, 7) is 1.25. The number of rotatable bonds is 4. The van der Waals surface area contributed by atoms with Crippen LogP contribution in [0.15, 0.2) is 22.8 Å². The second kappa shape index (κ2) is 8.47. The first kappa shape index (κ1) is 23.6. The molecule has 11 nitrogen and oxygen atoms in total. The minimum Gasteiger partial charge on any atom is -0.402 e. The molecule has 0 spiro atoms. The maximum absolute atomic E-state index is 12.6. The maximum Gasteiger partial charge on any atom is 0.527 e. The van der Waals surface area contributed by atoms with E-state index in [9.17, 15) is 39.8 Å². The Labute approximate surface area is 182 Å². The highest BCUT2D eigenvalue weighted by molar-refractivity contribution is 9.10. The maximum atomic E-state index is 12.6. The SMILES string of the molecule is CC(=O)n1cc(OP(=O)(O)OC2[C@@H](O)[C@H](O)C(O)[C@H](O)[C@@H]2O)c2c(Cl)c(Br)ccc21. The molecule has 3 rings (SSSR count). The van der Waals surface area contributed by atoms with Gasteiger partial charge >= 0.3 is 7.82 Å². The van der Waals surface area contributed by atoms with Crippen LogP contribution in [0, 0.1) is 0 Å². The van der Waals surface area contributed by atoms with Crippen molar-refractivity contribution in [2.75, 3.05) is 0 Å². The molecule has 0 aliphatic heterocycles. The van der Waals surface area contributed by atoms with E-state index in [1.54, 1.807) is 6.07 Å². The summed E-state index contributed by atoms with van der Waals surface area (Å²) in [6, 6.07) is 3.08. The fourth-order valence-electron chi connectivity index (χ4n) is 3.18. The van der Waals surface area contributed by atoms with E-state index < -0.39 is 50.4 Å². The van der Waals surface area contributed by atoms with E-state index >= 15 is 0 Å². The second-order valence-electron chi connectivity index (χ2n) is 6.72. The quantitative estimate of drug-likeness (QED) is 0.303. The Morgan fingerprint density at radius 1 is 1.10 bits per heavy atom. The lowest BCUT2D eigenvalue weighted by molar-refractivity contribution is -0.219. The minimum atomic E-state index is -5.11. The third-order valence-electron chi connectivity index (χ3n) is 4.71. The van der Waals surface area contributed by atoms with Crippen molar-refractivity contribution in [1.29, 1.82) is 0 Å². The fourth-order valence-corrected chi connectivity index (χ4v) is 4.75. The Kier molecular flexibility index (Phi) is 6.67. The lowest BCUT2D eigenvalue weighted by atomic mass is 9.85. The van der Waals surface area contributed by atoms with Gasteiger partial charge in [-0.3, -0.25) is 18.8 Å². The summed E-state index contributed by atoms with van der Waals surface area (Å²) >= 11 is 9.43. The number of carbonyl (C=O) groups is 1. The van der Waals surface area contributed by atoms with Crippen LogP contribution >= 0.6 is 35.4 Å². The molecule has 1 aromatic heterocycles. The van der Waals surface area contributed by atoms with E-state index in [1.807, 2.05) is 0 Å². The molecule has 1 aliphatic rings. The van der Waals surface area contributed by atoms with Gasteiger partial charge in [0, 0.05) is 11.4 Å². The zero-order valence-corrected chi connectivity index (χ0v) is 18.4. The second-order valence-corrected chi connectivity index (χ2v) is 9.28. The summed E-state index contributed by atoms with van der Waals surface area (Å²) in [5.74, 6) is -0.751. The van der Waals surface area contributed by atoms with Gasteiger partial charge in [-0.1, -0.05) is 11.6 Å². The first-order valence-electron chi connectivity index (χ1n) is 8.47. The van der Waals surface area contributed by atoms with Crippen LogP contribution in [0.5, 0.6) is 5.75 Å². The molecule has 14 heteroatoms. The first-order valence-corrected chi connectivity index (χ1v) is 11.1. The highest BCUT2D eigenvalue weighted by atomic mass is 79.9. The molecular formula is C16H18BrClNO10P. The van der Waals surface area contributed by atoms with Gasteiger partial charge in [0.25, 0.3) is 0 Å². The number of halogens is 2. The Bertz CT molecular complexity index is 1020. The summed E-state index contributed by atoms with van der Waals surface area (Å²) in [5, 5.41) is 49.2. The number of nitrogens with zero attached hydrogens (tertiary/aromatic N) is 1. The minimum absolute atomic E-state index is 0.0780. The molecule has 166 valence electrons. The Morgan fingerprint density at radius 2 is 1.63 bits per heavy atom. The van der Waals surface area contributed by atoms with Gasteiger partial charge in [0.05, 0.1) is 22.1 Å². The summed E-state index contributed by atoms with van der Waals surface area (Å²) in [6.07, 6.45) is -10.7. The van der Waals surface area contributed by atoms with Crippen molar-refractivity contribution in [2.24, 2.45) is 0 Å². The van der Waals surface area contributed by atoms with E-state index in [4.69, 9.17) is 20.6 Å². The van der Waals surface area contributed by atoms with Crippen LogP contribution in [-0.2, 0) is 9.09 Å². The molecule has 0 radical (unpaired) electrons. The molecule has 7 atom stereocenters. The Hall–Kier alpha value is -1.05. The average Bonchev–Trinajstić information content (AvgIpc) is 3.03. The molecule has 2 aromatic rings. The lowest BCUT2D eigenvalue weighted by Gasteiger charge is -2.41. The summed E-state index contributed by atoms with van der Waals surface area (Å²) in [5.41, 5.74) is 0.275. The van der Waals surface area contributed by atoms with E-state index in [0.29, 0.717) is 4.47 Å². The van der Waals surface area contributed by atoms with Gasteiger partial charge < -0.3 is 30.1 Å². The molecule has 1 heterocycles.